The third-order valence-corrected chi connectivity index (χ3v) is 4.70. The summed E-state index contributed by atoms with van der Waals surface area (Å²) in [5.74, 6) is 0.471. The summed E-state index contributed by atoms with van der Waals surface area (Å²) >= 11 is 0. The number of carbonyl (C=O) groups is 1. The molecule has 1 heterocycles. The Morgan fingerprint density at radius 1 is 1.15 bits per heavy atom. The van der Waals surface area contributed by atoms with Gasteiger partial charge in [-0.15, -0.1) is 0 Å². The van der Waals surface area contributed by atoms with Crippen molar-refractivity contribution in [2.75, 3.05) is 0 Å². The summed E-state index contributed by atoms with van der Waals surface area (Å²) in [5, 5.41) is 3.03. The predicted molar refractivity (Wildman–Crippen MR) is 98.3 cm³/mol. The zero-order chi connectivity index (χ0) is 18.1. The molecule has 2 aromatic carbocycles. The second kappa shape index (κ2) is 6.75. The van der Waals surface area contributed by atoms with Crippen molar-refractivity contribution in [1.29, 1.82) is 0 Å². The Morgan fingerprint density at radius 3 is 2.50 bits per heavy atom. The first kappa shape index (κ1) is 16.5. The Balaban J connectivity index is 1.60. The summed E-state index contributed by atoms with van der Waals surface area (Å²) in [6, 6.07) is 15.8. The SMILES string of the molecule is C[C@@H](NC(=O)c1nc(-c2ccc(F)cc2)[nH]c1C1CC1)c1ccccc1. The fourth-order valence-electron chi connectivity index (χ4n) is 3.06. The number of hydrogen-bond acceptors (Lipinski definition) is 2. The van der Waals surface area contributed by atoms with Gasteiger partial charge < -0.3 is 10.3 Å². The van der Waals surface area contributed by atoms with E-state index in [-0.39, 0.29) is 17.8 Å². The Morgan fingerprint density at radius 2 is 1.85 bits per heavy atom. The van der Waals surface area contributed by atoms with E-state index in [0.29, 0.717) is 17.4 Å². The van der Waals surface area contributed by atoms with Gasteiger partial charge in [-0.1, -0.05) is 30.3 Å². The van der Waals surface area contributed by atoms with Crippen molar-refractivity contribution >= 4 is 5.91 Å². The molecule has 0 radical (unpaired) electrons. The third kappa shape index (κ3) is 3.38. The number of nitrogens with zero attached hydrogens (tertiary/aromatic N) is 1. The maximum absolute atomic E-state index is 13.2. The van der Waals surface area contributed by atoms with E-state index in [2.05, 4.69) is 15.3 Å². The topological polar surface area (TPSA) is 57.8 Å². The third-order valence-electron chi connectivity index (χ3n) is 4.70. The van der Waals surface area contributed by atoms with Gasteiger partial charge in [0.1, 0.15) is 17.3 Å². The number of amides is 1. The van der Waals surface area contributed by atoms with E-state index in [9.17, 15) is 9.18 Å². The van der Waals surface area contributed by atoms with Crippen molar-refractivity contribution in [3.05, 3.63) is 77.4 Å². The van der Waals surface area contributed by atoms with Crippen LogP contribution in [0.3, 0.4) is 0 Å². The van der Waals surface area contributed by atoms with E-state index in [0.717, 1.165) is 29.7 Å². The highest BCUT2D eigenvalue weighted by atomic mass is 19.1. The highest BCUT2D eigenvalue weighted by Crippen LogP contribution is 2.41. The Hall–Kier alpha value is -2.95. The second-order valence-corrected chi connectivity index (χ2v) is 6.73. The lowest BCUT2D eigenvalue weighted by Gasteiger charge is -2.13. The lowest BCUT2D eigenvalue weighted by Crippen LogP contribution is -2.27. The first-order valence-electron chi connectivity index (χ1n) is 8.83. The van der Waals surface area contributed by atoms with Crippen molar-refractivity contribution in [3.8, 4) is 11.4 Å². The van der Waals surface area contributed by atoms with E-state index in [1.54, 1.807) is 12.1 Å². The fourth-order valence-corrected chi connectivity index (χ4v) is 3.06. The zero-order valence-electron chi connectivity index (χ0n) is 14.5. The number of hydrogen-bond donors (Lipinski definition) is 2. The van der Waals surface area contributed by atoms with Gasteiger partial charge in [-0.25, -0.2) is 9.37 Å². The Labute approximate surface area is 151 Å². The van der Waals surface area contributed by atoms with Gasteiger partial charge in [0.25, 0.3) is 5.91 Å². The Kier molecular flexibility index (Phi) is 4.29. The van der Waals surface area contributed by atoms with Crippen molar-refractivity contribution in [2.24, 2.45) is 0 Å². The van der Waals surface area contributed by atoms with E-state index in [1.807, 2.05) is 37.3 Å². The molecule has 0 saturated heterocycles. The molecular formula is C21H20FN3O. The highest BCUT2D eigenvalue weighted by molar-refractivity contribution is 5.94. The number of imidazole rings is 1. The molecule has 1 saturated carbocycles. The van der Waals surface area contributed by atoms with Gasteiger partial charge in [0, 0.05) is 11.5 Å². The van der Waals surface area contributed by atoms with Crippen LogP contribution in [0.2, 0.25) is 0 Å². The van der Waals surface area contributed by atoms with Gasteiger partial charge >= 0.3 is 0 Å². The molecule has 1 amide bonds. The molecule has 2 N–H and O–H groups in total. The standard InChI is InChI=1S/C21H20FN3O/c1-13(14-5-3-2-4-6-14)23-21(26)19-18(15-7-8-15)24-20(25-19)16-9-11-17(22)12-10-16/h2-6,9-13,15H,7-8H2,1H3,(H,23,26)(H,24,25)/t13-/m1/s1. The predicted octanol–water partition coefficient (Wildman–Crippen LogP) is 4.58. The quantitative estimate of drug-likeness (QED) is 0.708. The monoisotopic (exact) mass is 349 g/mol. The molecular weight excluding hydrogens is 329 g/mol. The van der Waals surface area contributed by atoms with E-state index >= 15 is 0 Å². The number of rotatable bonds is 5. The first-order valence-corrected chi connectivity index (χ1v) is 8.83. The van der Waals surface area contributed by atoms with Crippen LogP contribution in [-0.4, -0.2) is 15.9 Å². The van der Waals surface area contributed by atoms with Gasteiger partial charge in [0.2, 0.25) is 0 Å². The summed E-state index contributed by atoms with van der Waals surface area (Å²) in [7, 11) is 0. The molecule has 5 heteroatoms. The smallest absolute Gasteiger partial charge is 0.272 e. The van der Waals surface area contributed by atoms with Crippen molar-refractivity contribution in [3.63, 3.8) is 0 Å². The lowest BCUT2D eigenvalue weighted by atomic mass is 10.1. The maximum Gasteiger partial charge on any atom is 0.272 e. The van der Waals surface area contributed by atoms with Gasteiger partial charge in [0.05, 0.1) is 11.7 Å². The first-order chi connectivity index (χ1) is 12.6. The molecule has 0 aliphatic heterocycles. The van der Waals surface area contributed by atoms with Crippen LogP contribution >= 0.6 is 0 Å². The summed E-state index contributed by atoms with van der Waals surface area (Å²) in [5.41, 5.74) is 3.13. The van der Waals surface area contributed by atoms with Crippen molar-refractivity contribution < 1.29 is 9.18 Å². The van der Waals surface area contributed by atoms with Crippen LogP contribution in [0.4, 0.5) is 4.39 Å². The molecule has 4 nitrogen and oxygen atoms in total. The Bertz CT molecular complexity index is 914. The molecule has 1 aromatic heterocycles. The minimum absolute atomic E-state index is 0.110. The van der Waals surface area contributed by atoms with Crippen LogP contribution in [0.15, 0.2) is 54.6 Å². The van der Waals surface area contributed by atoms with Gasteiger partial charge in [-0.05, 0) is 49.6 Å². The molecule has 1 aliphatic rings. The van der Waals surface area contributed by atoms with Crippen LogP contribution in [0, 0.1) is 5.82 Å². The van der Waals surface area contributed by atoms with Crippen molar-refractivity contribution in [1.82, 2.24) is 15.3 Å². The number of halogens is 1. The normalized spacial score (nSPS) is 14.8. The molecule has 1 fully saturated rings. The maximum atomic E-state index is 13.2. The van der Waals surface area contributed by atoms with Gasteiger partial charge in [-0.2, -0.15) is 0 Å². The number of nitrogens with one attached hydrogen (secondary N) is 2. The lowest BCUT2D eigenvalue weighted by molar-refractivity contribution is 0.0934. The summed E-state index contributed by atoms with van der Waals surface area (Å²) in [6.45, 7) is 1.96. The summed E-state index contributed by atoms with van der Waals surface area (Å²) < 4.78 is 13.2. The summed E-state index contributed by atoms with van der Waals surface area (Å²) in [4.78, 5) is 20.6. The van der Waals surface area contributed by atoms with Gasteiger partial charge in [-0.3, -0.25) is 4.79 Å². The van der Waals surface area contributed by atoms with Crippen LogP contribution < -0.4 is 5.32 Å². The minimum Gasteiger partial charge on any atom is -0.344 e. The molecule has 26 heavy (non-hydrogen) atoms. The van der Waals surface area contributed by atoms with E-state index in [1.165, 1.54) is 12.1 Å². The van der Waals surface area contributed by atoms with Crippen LogP contribution in [0.1, 0.15) is 53.5 Å². The molecule has 0 spiro atoms. The van der Waals surface area contributed by atoms with E-state index < -0.39 is 0 Å². The summed E-state index contributed by atoms with van der Waals surface area (Å²) in [6.07, 6.45) is 2.11. The van der Waals surface area contributed by atoms with E-state index in [4.69, 9.17) is 0 Å². The molecule has 132 valence electrons. The molecule has 0 unspecified atom stereocenters. The average molecular weight is 349 g/mol. The molecule has 1 aliphatic carbocycles. The molecule has 3 aromatic rings. The molecule has 1 atom stereocenters. The van der Waals surface area contributed by atoms with Crippen LogP contribution in [0.25, 0.3) is 11.4 Å². The number of H-pyrrole nitrogens is 1. The molecule has 0 bridgehead atoms. The van der Waals surface area contributed by atoms with Crippen LogP contribution in [0.5, 0.6) is 0 Å². The number of aromatic amines is 1. The number of carbonyl (C=O) groups excluding carboxylic acids is 1. The second-order valence-electron chi connectivity index (χ2n) is 6.73. The fraction of sp³-hybridized carbons (Fsp3) is 0.238. The largest absolute Gasteiger partial charge is 0.344 e. The average Bonchev–Trinajstić information content (AvgIpc) is 3.41. The van der Waals surface area contributed by atoms with Crippen molar-refractivity contribution in [2.45, 2.75) is 31.7 Å². The minimum atomic E-state index is -0.294. The van der Waals surface area contributed by atoms with Gasteiger partial charge in [0.15, 0.2) is 0 Å². The number of aromatic nitrogens is 2. The highest BCUT2D eigenvalue weighted by Gasteiger charge is 2.32. The van der Waals surface area contributed by atoms with Crippen LogP contribution in [-0.2, 0) is 0 Å². The number of benzene rings is 2. The zero-order valence-corrected chi connectivity index (χ0v) is 14.5. The molecule has 4 rings (SSSR count).